The first-order chi connectivity index (χ1) is 13.8. The molecule has 0 saturated heterocycles. The van der Waals surface area contributed by atoms with Crippen molar-refractivity contribution in [3.8, 4) is 11.5 Å². The monoisotopic (exact) mass is 377 g/mol. The maximum Gasteiger partial charge on any atom is 0.322 e. The van der Waals surface area contributed by atoms with Crippen LogP contribution in [0.1, 0.15) is 46.3 Å². The Bertz CT molecular complexity index is 1030. The number of hydrogen-bond acceptors (Lipinski definition) is 6. The Morgan fingerprint density at radius 3 is 2.71 bits per heavy atom. The van der Waals surface area contributed by atoms with E-state index < -0.39 is 6.10 Å². The molecule has 0 fully saturated rings. The van der Waals surface area contributed by atoms with E-state index in [0.29, 0.717) is 17.1 Å². The fourth-order valence-electron chi connectivity index (χ4n) is 3.60. The topological polar surface area (TPSA) is 86.5 Å². The number of carbonyl (C=O) groups is 1. The van der Waals surface area contributed by atoms with Crippen molar-refractivity contribution in [2.45, 2.75) is 31.8 Å². The van der Waals surface area contributed by atoms with Gasteiger partial charge in [-0.25, -0.2) is 0 Å². The molecule has 2 aromatic carbocycles. The van der Waals surface area contributed by atoms with Crippen molar-refractivity contribution in [1.29, 1.82) is 0 Å². The molecule has 0 spiro atoms. The van der Waals surface area contributed by atoms with Crippen molar-refractivity contribution in [2.24, 2.45) is 0 Å². The number of amides is 1. The summed E-state index contributed by atoms with van der Waals surface area (Å²) in [7, 11) is 0. The molecule has 7 heteroatoms. The number of hydrogen-bond donors (Lipinski definition) is 1. The van der Waals surface area contributed by atoms with Gasteiger partial charge in [-0.05, 0) is 61.1 Å². The average molecular weight is 377 g/mol. The maximum atomic E-state index is 12.6. The summed E-state index contributed by atoms with van der Waals surface area (Å²) in [6.07, 6.45) is 3.95. The Morgan fingerprint density at radius 1 is 1.00 bits per heavy atom. The van der Waals surface area contributed by atoms with Crippen molar-refractivity contribution in [2.75, 3.05) is 11.9 Å². The second-order valence-corrected chi connectivity index (χ2v) is 6.95. The summed E-state index contributed by atoms with van der Waals surface area (Å²) in [5.41, 5.74) is 3.17. The molecule has 142 valence electrons. The van der Waals surface area contributed by atoms with E-state index in [1.54, 1.807) is 0 Å². The van der Waals surface area contributed by atoms with Crippen LogP contribution in [0.5, 0.6) is 11.5 Å². The molecule has 1 aromatic heterocycles. The molecule has 7 nitrogen and oxygen atoms in total. The molecule has 1 unspecified atom stereocenters. The molecule has 3 aromatic rings. The first-order valence-electron chi connectivity index (χ1n) is 9.41. The lowest BCUT2D eigenvalue weighted by Gasteiger charge is -2.23. The lowest BCUT2D eigenvalue weighted by Crippen LogP contribution is -2.21. The number of rotatable bonds is 3. The smallest absolute Gasteiger partial charge is 0.322 e. The van der Waals surface area contributed by atoms with E-state index in [0.717, 1.165) is 19.3 Å². The number of nitrogens with one attached hydrogen (secondary N) is 1. The van der Waals surface area contributed by atoms with E-state index >= 15 is 0 Å². The molecule has 2 heterocycles. The van der Waals surface area contributed by atoms with Crippen LogP contribution in [0.2, 0.25) is 0 Å². The summed E-state index contributed by atoms with van der Waals surface area (Å²) >= 11 is 0. The molecule has 2 aliphatic rings. The number of para-hydroxylation sites is 2. The molecular formula is C21H19N3O4. The molecule has 1 aliphatic heterocycles. The number of anilines is 1. The molecule has 1 N–H and O–H groups in total. The Balaban J connectivity index is 1.28. The SMILES string of the molecule is O=C(Nc1nnc(C2COc3ccccc3O2)o1)c1ccc2c(c1)CCCC2. The third-order valence-corrected chi connectivity index (χ3v) is 5.06. The van der Waals surface area contributed by atoms with Gasteiger partial charge in [0.15, 0.2) is 11.5 Å². The molecule has 1 amide bonds. The summed E-state index contributed by atoms with van der Waals surface area (Å²) in [5.74, 6) is 1.29. The number of benzene rings is 2. The highest BCUT2D eigenvalue weighted by Gasteiger charge is 2.27. The quantitative estimate of drug-likeness (QED) is 0.749. The largest absolute Gasteiger partial charge is 0.485 e. The lowest BCUT2D eigenvalue weighted by molar-refractivity contribution is 0.0716. The van der Waals surface area contributed by atoms with Gasteiger partial charge >= 0.3 is 6.01 Å². The first-order valence-corrected chi connectivity index (χ1v) is 9.41. The van der Waals surface area contributed by atoms with Crippen LogP contribution in [-0.2, 0) is 12.8 Å². The molecule has 0 saturated carbocycles. The molecule has 0 radical (unpaired) electrons. The standard InChI is InChI=1S/C21H19N3O4/c25-19(15-10-9-13-5-1-2-6-14(13)11-15)22-21-24-23-20(28-21)18-12-26-16-7-3-4-8-17(16)27-18/h3-4,7-11,18H,1-2,5-6,12H2,(H,22,24,25). The Labute approximate surface area is 161 Å². The van der Waals surface area contributed by atoms with E-state index in [4.69, 9.17) is 13.9 Å². The minimum absolute atomic E-state index is 0.0418. The van der Waals surface area contributed by atoms with Crippen molar-refractivity contribution < 1.29 is 18.7 Å². The molecule has 1 aliphatic carbocycles. The summed E-state index contributed by atoms with van der Waals surface area (Å²) in [5, 5.41) is 10.6. The van der Waals surface area contributed by atoms with E-state index in [-0.39, 0.29) is 24.4 Å². The van der Waals surface area contributed by atoms with Crippen LogP contribution in [0.4, 0.5) is 6.01 Å². The van der Waals surface area contributed by atoms with Crippen LogP contribution in [-0.4, -0.2) is 22.7 Å². The average Bonchev–Trinajstić information content (AvgIpc) is 3.21. The van der Waals surface area contributed by atoms with Gasteiger partial charge < -0.3 is 13.9 Å². The first kappa shape index (κ1) is 16.8. The van der Waals surface area contributed by atoms with Gasteiger partial charge in [-0.2, -0.15) is 0 Å². The van der Waals surface area contributed by atoms with E-state index in [1.165, 1.54) is 17.5 Å². The fraction of sp³-hybridized carbons (Fsp3) is 0.286. The number of fused-ring (bicyclic) bond motifs is 2. The summed E-state index contributed by atoms with van der Waals surface area (Å²) < 4.78 is 17.1. The second-order valence-electron chi connectivity index (χ2n) is 6.95. The predicted molar refractivity (Wildman–Crippen MR) is 101 cm³/mol. The molecule has 1 atom stereocenters. The van der Waals surface area contributed by atoms with Gasteiger partial charge in [0.1, 0.15) is 6.61 Å². The highest BCUT2D eigenvalue weighted by Crippen LogP contribution is 2.35. The predicted octanol–water partition coefficient (Wildman–Crippen LogP) is 3.71. The minimum atomic E-state index is -0.517. The number of aromatic nitrogens is 2. The molecular weight excluding hydrogens is 358 g/mol. The van der Waals surface area contributed by atoms with E-state index in [1.807, 2.05) is 42.5 Å². The molecule has 5 rings (SSSR count). The Morgan fingerprint density at radius 2 is 1.82 bits per heavy atom. The van der Waals surface area contributed by atoms with Crippen LogP contribution in [0, 0.1) is 0 Å². The fourth-order valence-corrected chi connectivity index (χ4v) is 3.60. The lowest BCUT2D eigenvalue weighted by atomic mass is 9.90. The summed E-state index contributed by atoms with van der Waals surface area (Å²) in [6.45, 7) is 0.261. The summed E-state index contributed by atoms with van der Waals surface area (Å²) in [4.78, 5) is 12.6. The highest BCUT2D eigenvalue weighted by atomic mass is 16.6. The minimum Gasteiger partial charge on any atom is -0.485 e. The number of aryl methyl sites for hydroxylation is 2. The molecule has 28 heavy (non-hydrogen) atoms. The maximum absolute atomic E-state index is 12.6. The Kier molecular flexibility index (Phi) is 4.20. The van der Waals surface area contributed by atoms with Gasteiger partial charge in [0.05, 0.1) is 0 Å². The number of carbonyl (C=O) groups excluding carboxylic acids is 1. The van der Waals surface area contributed by atoms with Gasteiger partial charge in [-0.3, -0.25) is 10.1 Å². The van der Waals surface area contributed by atoms with Crippen LogP contribution >= 0.6 is 0 Å². The third kappa shape index (κ3) is 3.19. The highest BCUT2D eigenvalue weighted by molar-refractivity contribution is 6.03. The van der Waals surface area contributed by atoms with Crippen molar-refractivity contribution in [3.63, 3.8) is 0 Å². The zero-order valence-corrected chi connectivity index (χ0v) is 15.2. The van der Waals surface area contributed by atoms with Gasteiger partial charge in [-0.15, -0.1) is 5.10 Å². The van der Waals surface area contributed by atoms with E-state index in [2.05, 4.69) is 15.5 Å². The number of ether oxygens (including phenoxy) is 2. The zero-order valence-electron chi connectivity index (χ0n) is 15.2. The van der Waals surface area contributed by atoms with Crippen molar-refractivity contribution in [1.82, 2.24) is 10.2 Å². The van der Waals surface area contributed by atoms with Crippen LogP contribution in [0.3, 0.4) is 0 Å². The van der Waals surface area contributed by atoms with E-state index in [9.17, 15) is 4.79 Å². The molecule has 0 bridgehead atoms. The van der Waals surface area contributed by atoms with Crippen LogP contribution < -0.4 is 14.8 Å². The summed E-state index contributed by atoms with van der Waals surface area (Å²) in [6, 6.07) is 13.3. The van der Waals surface area contributed by atoms with Gasteiger partial charge in [0, 0.05) is 5.56 Å². The van der Waals surface area contributed by atoms with Crippen LogP contribution in [0.15, 0.2) is 46.9 Å². The normalized spacial score (nSPS) is 17.6. The van der Waals surface area contributed by atoms with Gasteiger partial charge in [0.25, 0.3) is 11.8 Å². The Hall–Kier alpha value is -3.35. The third-order valence-electron chi connectivity index (χ3n) is 5.06. The van der Waals surface area contributed by atoms with Crippen molar-refractivity contribution in [3.05, 3.63) is 65.0 Å². The number of nitrogens with zero attached hydrogens (tertiary/aromatic N) is 2. The van der Waals surface area contributed by atoms with Gasteiger partial charge in [0.2, 0.25) is 6.10 Å². The zero-order chi connectivity index (χ0) is 18.9. The van der Waals surface area contributed by atoms with Crippen molar-refractivity contribution >= 4 is 11.9 Å². The van der Waals surface area contributed by atoms with Gasteiger partial charge in [-0.1, -0.05) is 23.3 Å². The van der Waals surface area contributed by atoms with Crippen LogP contribution in [0.25, 0.3) is 0 Å². The second kappa shape index (κ2) is 6.99.